The van der Waals surface area contributed by atoms with Crippen LogP contribution in [0.3, 0.4) is 0 Å². The maximum atomic E-state index is 12.5. The summed E-state index contributed by atoms with van der Waals surface area (Å²) in [6.07, 6.45) is 2.40. The molecule has 0 bridgehead atoms. The van der Waals surface area contributed by atoms with Gasteiger partial charge in [-0.15, -0.1) is 0 Å². The summed E-state index contributed by atoms with van der Waals surface area (Å²) in [5.74, 6) is 1.79. The molecule has 3 heterocycles. The molecule has 0 unspecified atom stereocenters. The topological polar surface area (TPSA) is 103 Å². The van der Waals surface area contributed by atoms with Gasteiger partial charge in [-0.25, -0.2) is 0 Å². The number of morpholine rings is 1. The van der Waals surface area contributed by atoms with Crippen LogP contribution in [0.5, 0.6) is 11.5 Å². The number of hydrogen-bond donors (Lipinski definition) is 1. The van der Waals surface area contributed by atoms with Crippen molar-refractivity contribution in [3.05, 3.63) is 33.4 Å². The van der Waals surface area contributed by atoms with Crippen molar-refractivity contribution in [3.8, 4) is 11.5 Å². The monoisotopic (exact) mass is 609 g/mol. The molecule has 11 heteroatoms. The number of rotatable bonds is 11. The second kappa shape index (κ2) is 12.7. The van der Waals surface area contributed by atoms with Crippen molar-refractivity contribution in [2.45, 2.75) is 32.6 Å². The molecule has 0 spiro atoms. The number of aromatic nitrogens is 2. The van der Waals surface area contributed by atoms with Gasteiger partial charge in [0.15, 0.2) is 0 Å². The van der Waals surface area contributed by atoms with E-state index in [2.05, 4.69) is 41.7 Å². The molecule has 38 heavy (non-hydrogen) atoms. The van der Waals surface area contributed by atoms with E-state index in [1.54, 1.807) is 7.11 Å². The minimum atomic E-state index is -0.417. The van der Waals surface area contributed by atoms with Gasteiger partial charge >= 0.3 is 204 Å². The van der Waals surface area contributed by atoms with E-state index in [1.165, 1.54) is 10.8 Å². The Balaban J connectivity index is 1.69. The van der Waals surface area contributed by atoms with Crippen molar-refractivity contribution in [1.29, 1.82) is 0 Å². The fourth-order valence-corrected chi connectivity index (χ4v) is 6.80. The van der Waals surface area contributed by atoms with Crippen molar-refractivity contribution in [2.24, 2.45) is 5.73 Å². The van der Waals surface area contributed by atoms with Gasteiger partial charge in [0.1, 0.15) is 0 Å². The van der Waals surface area contributed by atoms with Gasteiger partial charge in [-0.2, -0.15) is 0 Å². The summed E-state index contributed by atoms with van der Waals surface area (Å²) in [6, 6.07) is 5.85. The SMILES string of the molecule is COc1cc2ncnc(N(CCCl)c3cc(C(C)(C)C)[se]c3C(N)=O)c2cc1OCCCN1CCOCC1. The third-order valence-electron chi connectivity index (χ3n) is 6.41. The predicted octanol–water partition coefficient (Wildman–Crippen LogP) is 3.57. The van der Waals surface area contributed by atoms with Gasteiger partial charge in [0.25, 0.3) is 0 Å². The summed E-state index contributed by atoms with van der Waals surface area (Å²) in [4.78, 5) is 26.0. The molecule has 4 rings (SSSR count). The molecule has 0 radical (unpaired) electrons. The Morgan fingerprint density at radius 3 is 2.63 bits per heavy atom. The van der Waals surface area contributed by atoms with Gasteiger partial charge in [0.05, 0.1) is 13.2 Å². The zero-order chi connectivity index (χ0) is 27.3. The molecule has 1 fully saturated rings. The summed E-state index contributed by atoms with van der Waals surface area (Å²) in [5.41, 5.74) is 7.23. The zero-order valence-electron chi connectivity index (χ0n) is 22.5. The van der Waals surface area contributed by atoms with Crippen LogP contribution >= 0.6 is 11.6 Å². The molecule has 9 nitrogen and oxygen atoms in total. The van der Waals surface area contributed by atoms with Gasteiger partial charge in [-0.3, -0.25) is 0 Å². The van der Waals surface area contributed by atoms with Crippen LogP contribution in [0.15, 0.2) is 24.5 Å². The van der Waals surface area contributed by atoms with Crippen molar-refractivity contribution >= 4 is 54.4 Å². The Morgan fingerprint density at radius 1 is 1.21 bits per heavy atom. The summed E-state index contributed by atoms with van der Waals surface area (Å²) in [7, 11) is 1.62. The third kappa shape index (κ3) is 6.61. The molecule has 2 aromatic heterocycles. The minimum absolute atomic E-state index is 0.0849. The molecule has 0 saturated carbocycles. The normalized spacial score (nSPS) is 14.6. The molecule has 1 amide bonds. The van der Waals surface area contributed by atoms with Gasteiger partial charge < -0.3 is 4.74 Å². The number of anilines is 2. The van der Waals surface area contributed by atoms with E-state index in [4.69, 9.17) is 31.5 Å². The number of carbonyl (C=O) groups is 1. The zero-order valence-corrected chi connectivity index (χ0v) is 24.9. The number of methoxy groups -OCH3 is 1. The number of hydrogen-bond acceptors (Lipinski definition) is 8. The number of amides is 1. The molecule has 206 valence electrons. The quantitative estimate of drug-likeness (QED) is 0.200. The van der Waals surface area contributed by atoms with Gasteiger partial charge in [-0.05, 0) is 0 Å². The Bertz CT molecular complexity index is 1260. The molecule has 0 atom stereocenters. The number of fused-ring (bicyclic) bond motifs is 1. The fourth-order valence-electron chi connectivity index (χ4n) is 4.39. The minimum Gasteiger partial charge on any atom is -0.379 e. The second-order valence-electron chi connectivity index (χ2n) is 10.2. The van der Waals surface area contributed by atoms with Crippen LogP contribution in [0, 0.1) is 0 Å². The summed E-state index contributed by atoms with van der Waals surface area (Å²) >= 11 is 6.09. The molecular weight excluding hydrogens is 573 g/mol. The van der Waals surface area contributed by atoms with E-state index in [0.717, 1.165) is 50.3 Å². The van der Waals surface area contributed by atoms with E-state index >= 15 is 0 Å². The summed E-state index contributed by atoms with van der Waals surface area (Å²) in [6.45, 7) is 11.8. The maximum absolute atomic E-state index is 12.5. The molecule has 1 aliphatic rings. The Morgan fingerprint density at radius 2 is 1.97 bits per heavy atom. The standard InChI is InChI=1S/C27H36ClN5O4Se/c1-27(2,3)23-16-20(24(38-23)25(29)34)33(8-6-28)26-18-14-22(21(35-4)15-19(18)30-17-31-26)37-11-5-7-32-9-12-36-13-10-32/h14-17H,5-13H2,1-4H3,(H2,29,34). The number of primary amides is 1. The number of ether oxygens (including phenoxy) is 3. The first-order chi connectivity index (χ1) is 18.2. The first-order valence-corrected chi connectivity index (χ1v) is 15.0. The Hall–Kier alpha value is -2.36. The van der Waals surface area contributed by atoms with Gasteiger partial charge in [0, 0.05) is 13.1 Å². The van der Waals surface area contributed by atoms with Crippen molar-refractivity contribution in [1.82, 2.24) is 14.9 Å². The molecule has 1 aliphatic heterocycles. The molecule has 2 N–H and O–H groups in total. The third-order valence-corrected chi connectivity index (χ3v) is 9.86. The number of benzene rings is 1. The van der Waals surface area contributed by atoms with E-state index in [-0.39, 0.29) is 19.9 Å². The van der Waals surface area contributed by atoms with Crippen LogP contribution in [-0.2, 0) is 10.2 Å². The fraction of sp³-hybridized carbons (Fsp3) is 0.519. The Labute approximate surface area is 235 Å². The number of alkyl halides is 1. The summed E-state index contributed by atoms with van der Waals surface area (Å²) in [5, 5.41) is 0.781. The second-order valence-corrected chi connectivity index (χ2v) is 12.7. The number of nitrogens with two attached hydrogens (primary N) is 1. The number of carbonyl (C=O) groups excluding carboxylic acids is 1. The molecule has 0 aliphatic carbocycles. The van der Waals surface area contributed by atoms with E-state index in [9.17, 15) is 4.79 Å². The first-order valence-electron chi connectivity index (χ1n) is 12.8. The van der Waals surface area contributed by atoms with E-state index in [0.29, 0.717) is 46.3 Å². The molecule has 3 aromatic rings. The van der Waals surface area contributed by atoms with Crippen molar-refractivity contribution in [3.63, 3.8) is 0 Å². The Kier molecular flexibility index (Phi) is 9.54. The smallest absolute Gasteiger partial charge is 0.379 e. The van der Waals surface area contributed by atoms with Gasteiger partial charge in [0.2, 0.25) is 0 Å². The van der Waals surface area contributed by atoms with E-state index < -0.39 is 5.91 Å². The number of nitrogens with zero attached hydrogens (tertiary/aromatic N) is 4. The van der Waals surface area contributed by atoms with Crippen LogP contribution in [0.4, 0.5) is 11.5 Å². The van der Waals surface area contributed by atoms with Crippen molar-refractivity contribution in [2.75, 3.05) is 63.9 Å². The van der Waals surface area contributed by atoms with Crippen LogP contribution in [0.25, 0.3) is 10.9 Å². The molecule has 1 saturated heterocycles. The summed E-state index contributed by atoms with van der Waals surface area (Å²) < 4.78 is 19.1. The average Bonchev–Trinajstić information content (AvgIpc) is 3.36. The molecule has 1 aromatic carbocycles. The predicted molar refractivity (Wildman–Crippen MR) is 152 cm³/mol. The molecular formula is C27H36ClN5O4Se. The van der Waals surface area contributed by atoms with Crippen LogP contribution < -0.4 is 20.1 Å². The average molecular weight is 609 g/mol. The van der Waals surface area contributed by atoms with Crippen LogP contribution in [0.1, 0.15) is 40.9 Å². The first kappa shape index (κ1) is 28.6. The van der Waals surface area contributed by atoms with Crippen LogP contribution in [-0.4, -0.2) is 94.3 Å². The van der Waals surface area contributed by atoms with Crippen LogP contribution in [0.2, 0.25) is 0 Å². The van der Waals surface area contributed by atoms with E-state index in [1.807, 2.05) is 17.0 Å². The van der Waals surface area contributed by atoms with Gasteiger partial charge in [-0.1, -0.05) is 0 Å². The van der Waals surface area contributed by atoms with Crippen molar-refractivity contribution < 1.29 is 19.0 Å². The number of halogens is 1.